The summed E-state index contributed by atoms with van der Waals surface area (Å²) in [5, 5.41) is 7.29. The van der Waals surface area contributed by atoms with Crippen LogP contribution in [-0.4, -0.2) is 20.1 Å². The molecule has 0 aliphatic carbocycles. The molecule has 1 aromatic rings. The molecule has 3 heteroatoms. The average Bonchev–Trinajstić information content (AvgIpc) is 2.15. The first-order valence-electron chi connectivity index (χ1n) is 4.88. The molecule has 0 radical (unpaired) electrons. The molecule has 14 heavy (non-hydrogen) atoms. The first-order valence-corrected chi connectivity index (χ1v) is 5.26. The Morgan fingerprint density at radius 1 is 1.29 bits per heavy atom. The molecule has 0 saturated carbocycles. The number of halogens is 1. The van der Waals surface area contributed by atoms with Crippen molar-refractivity contribution in [2.24, 2.45) is 0 Å². The van der Waals surface area contributed by atoms with E-state index >= 15 is 0 Å². The van der Waals surface area contributed by atoms with E-state index in [0.29, 0.717) is 0 Å². The number of nitrogens with one attached hydrogen (secondary N) is 2. The topological polar surface area (TPSA) is 24.1 Å². The van der Waals surface area contributed by atoms with Gasteiger partial charge in [0.2, 0.25) is 0 Å². The molecular formula is C11H17ClN2. The van der Waals surface area contributed by atoms with Crippen molar-refractivity contribution in [1.82, 2.24) is 5.32 Å². The van der Waals surface area contributed by atoms with Crippen molar-refractivity contribution >= 4 is 17.3 Å². The number of hydrogen-bond donors (Lipinski definition) is 2. The van der Waals surface area contributed by atoms with Gasteiger partial charge in [0, 0.05) is 17.3 Å². The van der Waals surface area contributed by atoms with Gasteiger partial charge in [-0.2, -0.15) is 0 Å². The van der Waals surface area contributed by atoms with Crippen molar-refractivity contribution in [1.29, 1.82) is 0 Å². The lowest BCUT2D eigenvalue weighted by Gasteiger charge is -2.09. The maximum atomic E-state index is 5.86. The van der Waals surface area contributed by atoms with Gasteiger partial charge in [-0.3, -0.25) is 0 Å². The van der Waals surface area contributed by atoms with Gasteiger partial charge in [-0.25, -0.2) is 0 Å². The Labute approximate surface area is 90.7 Å². The van der Waals surface area contributed by atoms with E-state index in [1.54, 1.807) is 0 Å². The number of aryl methyl sites for hydroxylation is 1. The van der Waals surface area contributed by atoms with E-state index in [4.69, 9.17) is 11.6 Å². The predicted molar refractivity (Wildman–Crippen MR) is 63.2 cm³/mol. The first kappa shape index (κ1) is 11.3. The largest absolute Gasteiger partial charge is 0.385 e. The molecule has 0 spiro atoms. The van der Waals surface area contributed by atoms with Gasteiger partial charge in [0.25, 0.3) is 0 Å². The van der Waals surface area contributed by atoms with Crippen molar-refractivity contribution < 1.29 is 0 Å². The molecule has 0 fully saturated rings. The minimum atomic E-state index is 0.795. The Kier molecular flexibility index (Phi) is 4.77. The molecular weight excluding hydrogens is 196 g/mol. The highest BCUT2D eigenvalue weighted by Crippen LogP contribution is 2.19. The molecule has 2 N–H and O–H groups in total. The van der Waals surface area contributed by atoms with Gasteiger partial charge in [0.15, 0.2) is 0 Å². The number of hydrogen-bond acceptors (Lipinski definition) is 2. The molecule has 78 valence electrons. The van der Waals surface area contributed by atoms with Crippen molar-refractivity contribution in [2.45, 2.75) is 13.3 Å². The normalized spacial score (nSPS) is 10.2. The fourth-order valence-corrected chi connectivity index (χ4v) is 1.54. The van der Waals surface area contributed by atoms with Crippen LogP contribution < -0.4 is 10.6 Å². The zero-order chi connectivity index (χ0) is 10.4. The lowest BCUT2D eigenvalue weighted by Crippen LogP contribution is -2.13. The third-order valence-corrected chi connectivity index (χ3v) is 2.34. The Balaban J connectivity index is 2.42. The number of rotatable bonds is 5. The van der Waals surface area contributed by atoms with E-state index in [0.717, 1.165) is 24.5 Å². The molecule has 0 amide bonds. The van der Waals surface area contributed by atoms with Gasteiger partial charge >= 0.3 is 0 Å². The fraction of sp³-hybridized carbons (Fsp3) is 0.455. The van der Waals surface area contributed by atoms with E-state index in [1.165, 1.54) is 11.3 Å². The minimum absolute atomic E-state index is 0.795. The summed E-state index contributed by atoms with van der Waals surface area (Å²) in [6, 6.07) is 5.91. The molecule has 0 saturated heterocycles. The molecule has 0 aromatic heterocycles. The van der Waals surface area contributed by atoms with Gasteiger partial charge in [0.05, 0.1) is 0 Å². The van der Waals surface area contributed by atoms with E-state index in [-0.39, 0.29) is 0 Å². The number of benzene rings is 1. The lowest BCUT2D eigenvalue weighted by atomic mass is 10.2. The average molecular weight is 213 g/mol. The van der Waals surface area contributed by atoms with E-state index in [9.17, 15) is 0 Å². The third-order valence-electron chi connectivity index (χ3n) is 2.11. The molecule has 0 unspecified atom stereocenters. The molecule has 2 nitrogen and oxygen atoms in total. The highest BCUT2D eigenvalue weighted by Gasteiger charge is 1.97. The van der Waals surface area contributed by atoms with Crippen molar-refractivity contribution in [3.63, 3.8) is 0 Å². The summed E-state index contributed by atoms with van der Waals surface area (Å²) in [5.41, 5.74) is 2.37. The molecule has 1 rings (SSSR count). The van der Waals surface area contributed by atoms with E-state index < -0.39 is 0 Å². The second kappa shape index (κ2) is 5.89. The van der Waals surface area contributed by atoms with Gasteiger partial charge < -0.3 is 10.6 Å². The quantitative estimate of drug-likeness (QED) is 0.734. The van der Waals surface area contributed by atoms with Gasteiger partial charge in [-0.1, -0.05) is 11.6 Å². The predicted octanol–water partition coefficient (Wildman–Crippen LogP) is 2.67. The lowest BCUT2D eigenvalue weighted by molar-refractivity contribution is 0.748. The minimum Gasteiger partial charge on any atom is -0.385 e. The highest BCUT2D eigenvalue weighted by atomic mass is 35.5. The Morgan fingerprint density at radius 2 is 2.07 bits per heavy atom. The van der Waals surface area contributed by atoms with Crippen LogP contribution >= 0.6 is 11.6 Å². The second-order valence-corrected chi connectivity index (χ2v) is 3.78. The summed E-state index contributed by atoms with van der Waals surface area (Å²) in [5.74, 6) is 0. The van der Waals surface area contributed by atoms with Crippen LogP contribution in [0, 0.1) is 6.92 Å². The maximum Gasteiger partial charge on any atom is 0.0410 e. The molecule has 0 atom stereocenters. The van der Waals surface area contributed by atoms with Crippen LogP contribution in [-0.2, 0) is 0 Å². The van der Waals surface area contributed by atoms with E-state index in [2.05, 4.69) is 17.6 Å². The first-order chi connectivity index (χ1) is 6.74. The van der Waals surface area contributed by atoms with Crippen LogP contribution in [0.5, 0.6) is 0 Å². The zero-order valence-corrected chi connectivity index (χ0v) is 9.49. The van der Waals surface area contributed by atoms with Crippen molar-refractivity contribution in [3.8, 4) is 0 Å². The van der Waals surface area contributed by atoms with Crippen molar-refractivity contribution in [2.75, 3.05) is 25.5 Å². The zero-order valence-electron chi connectivity index (χ0n) is 8.73. The van der Waals surface area contributed by atoms with Gasteiger partial charge in [0.1, 0.15) is 0 Å². The maximum absolute atomic E-state index is 5.86. The molecule has 0 bridgehead atoms. The smallest absolute Gasteiger partial charge is 0.0410 e. The van der Waals surface area contributed by atoms with Crippen molar-refractivity contribution in [3.05, 3.63) is 28.8 Å². The Morgan fingerprint density at radius 3 is 2.71 bits per heavy atom. The summed E-state index contributed by atoms with van der Waals surface area (Å²) >= 11 is 5.86. The van der Waals surface area contributed by atoms with Crippen LogP contribution in [0.1, 0.15) is 12.0 Å². The SMILES string of the molecule is CNCCCNc1ccc(Cl)cc1C. The molecule has 1 aromatic carbocycles. The summed E-state index contributed by atoms with van der Waals surface area (Å²) in [6.45, 7) is 4.09. The highest BCUT2D eigenvalue weighted by molar-refractivity contribution is 6.30. The van der Waals surface area contributed by atoms with Crippen LogP contribution in [0.15, 0.2) is 18.2 Å². The van der Waals surface area contributed by atoms with Crippen LogP contribution in [0.4, 0.5) is 5.69 Å². The standard InChI is InChI=1S/C11H17ClN2/c1-9-8-10(12)4-5-11(9)14-7-3-6-13-2/h4-5,8,13-14H,3,6-7H2,1-2H3. The summed E-state index contributed by atoms with van der Waals surface area (Å²) in [6.07, 6.45) is 1.12. The van der Waals surface area contributed by atoms with E-state index in [1.807, 2.05) is 25.2 Å². The number of anilines is 1. The fourth-order valence-electron chi connectivity index (χ4n) is 1.31. The second-order valence-electron chi connectivity index (χ2n) is 3.34. The van der Waals surface area contributed by atoms with Crippen LogP contribution in [0.3, 0.4) is 0 Å². The van der Waals surface area contributed by atoms with Gasteiger partial charge in [-0.15, -0.1) is 0 Å². The summed E-state index contributed by atoms with van der Waals surface area (Å²) < 4.78 is 0. The summed E-state index contributed by atoms with van der Waals surface area (Å²) in [4.78, 5) is 0. The Hall–Kier alpha value is -0.730. The molecule has 0 aliphatic heterocycles. The summed E-state index contributed by atoms with van der Waals surface area (Å²) in [7, 11) is 1.97. The van der Waals surface area contributed by atoms with Crippen LogP contribution in [0.2, 0.25) is 5.02 Å². The molecule has 0 aliphatic rings. The van der Waals surface area contributed by atoms with Gasteiger partial charge in [-0.05, 0) is 50.7 Å². The molecule has 0 heterocycles. The monoisotopic (exact) mass is 212 g/mol. The van der Waals surface area contributed by atoms with Crippen LogP contribution in [0.25, 0.3) is 0 Å². The Bertz CT molecular complexity index is 287. The third kappa shape index (κ3) is 3.56.